The predicted molar refractivity (Wildman–Crippen MR) is 133 cm³/mol. The quantitative estimate of drug-likeness (QED) is 0.325. The number of aryl methyl sites for hydroxylation is 1. The summed E-state index contributed by atoms with van der Waals surface area (Å²) in [7, 11) is 0. The van der Waals surface area contributed by atoms with Crippen molar-refractivity contribution in [3.63, 3.8) is 0 Å². The first-order valence-corrected chi connectivity index (χ1v) is 10.7. The minimum Gasteiger partial charge on any atom is -0.340 e. The molecule has 6 heteroatoms. The smallest absolute Gasteiger partial charge is 0.153 e. The normalized spacial score (nSPS) is 10.6. The van der Waals surface area contributed by atoms with Crippen molar-refractivity contribution in [3.8, 4) is 22.5 Å². The zero-order valence-corrected chi connectivity index (χ0v) is 18.1. The van der Waals surface area contributed by atoms with Gasteiger partial charge in [0, 0.05) is 28.6 Å². The lowest BCUT2D eigenvalue weighted by molar-refractivity contribution is 1.04. The number of rotatable bonds is 6. The van der Waals surface area contributed by atoms with Gasteiger partial charge in [0.25, 0.3) is 0 Å². The predicted octanol–water partition coefficient (Wildman–Crippen LogP) is 6.40. The second kappa shape index (κ2) is 9.28. The molecule has 0 bridgehead atoms. The Morgan fingerprint density at radius 3 is 1.79 bits per heavy atom. The Hall–Kier alpha value is -4.58. The number of nitrogens with one attached hydrogen (secondary N) is 2. The maximum atomic E-state index is 4.57. The molecule has 0 radical (unpaired) electrons. The zero-order chi connectivity index (χ0) is 22.5. The Morgan fingerprint density at radius 2 is 1.15 bits per heavy atom. The molecule has 0 unspecified atom stereocenters. The highest BCUT2D eigenvalue weighted by molar-refractivity contribution is 5.69. The van der Waals surface area contributed by atoms with Crippen LogP contribution in [-0.4, -0.2) is 20.2 Å². The van der Waals surface area contributed by atoms with Crippen molar-refractivity contribution in [1.29, 1.82) is 0 Å². The highest BCUT2D eigenvalue weighted by atomic mass is 15.2. The summed E-state index contributed by atoms with van der Waals surface area (Å²) >= 11 is 0. The van der Waals surface area contributed by atoms with Crippen molar-refractivity contribution in [2.45, 2.75) is 6.92 Å². The fourth-order valence-electron chi connectivity index (χ4n) is 3.52. The second-order valence-corrected chi connectivity index (χ2v) is 7.55. The minimum atomic E-state index is 0.677. The fourth-order valence-corrected chi connectivity index (χ4v) is 3.52. The van der Waals surface area contributed by atoms with Gasteiger partial charge in [0.15, 0.2) is 5.82 Å². The molecular formula is C27H22N6. The van der Waals surface area contributed by atoms with Crippen molar-refractivity contribution < 1.29 is 0 Å². The van der Waals surface area contributed by atoms with Crippen LogP contribution in [0.2, 0.25) is 0 Å². The maximum absolute atomic E-state index is 4.57. The average Bonchev–Trinajstić information content (AvgIpc) is 2.85. The Kier molecular flexibility index (Phi) is 5.72. The molecule has 0 aliphatic carbocycles. The van der Waals surface area contributed by atoms with E-state index in [1.54, 1.807) is 0 Å². The molecule has 5 rings (SSSR count). The molecule has 0 fully saturated rings. The van der Waals surface area contributed by atoms with Gasteiger partial charge < -0.3 is 10.6 Å². The summed E-state index contributed by atoms with van der Waals surface area (Å²) in [5.41, 5.74) is 5.62. The Labute approximate surface area is 192 Å². The monoisotopic (exact) mass is 430 g/mol. The van der Waals surface area contributed by atoms with Crippen LogP contribution in [-0.2, 0) is 0 Å². The van der Waals surface area contributed by atoms with E-state index in [9.17, 15) is 0 Å². The summed E-state index contributed by atoms with van der Waals surface area (Å²) in [5, 5.41) is 15.4. The number of hydrogen-bond donors (Lipinski definition) is 2. The second-order valence-electron chi connectivity index (χ2n) is 7.55. The Balaban J connectivity index is 1.32. The number of hydrogen-bond acceptors (Lipinski definition) is 6. The number of aromatic nitrogens is 4. The van der Waals surface area contributed by atoms with Gasteiger partial charge in [-0.15, -0.1) is 10.2 Å². The summed E-state index contributed by atoms with van der Waals surface area (Å²) in [6.07, 6.45) is 0. The van der Waals surface area contributed by atoms with Crippen LogP contribution in [0.3, 0.4) is 0 Å². The molecule has 0 aliphatic heterocycles. The van der Waals surface area contributed by atoms with Crippen LogP contribution in [0.25, 0.3) is 22.5 Å². The van der Waals surface area contributed by atoms with Crippen molar-refractivity contribution in [1.82, 2.24) is 20.2 Å². The van der Waals surface area contributed by atoms with Gasteiger partial charge in [-0.05, 0) is 37.3 Å². The van der Waals surface area contributed by atoms with Crippen LogP contribution in [0.4, 0.5) is 23.0 Å². The standard InChI is InChI=1S/C27H22N6/c1-19-28-25(21-11-6-3-7-12-21)18-27(29-19)31-23-14-8-13-22(17-23)30-26-16-15-24(32-33-26)20-9-4-2-5-10-20/h2-18H,1H3,(H,30,33)(H,28,29,31). The summed E-state index contributed by atoms with van der Waals surface area (Å²) in [6, 6.07) is 33.9. The zero-order valence-electron chi connectivity index (χ0n) is 18.1. The van der Waals surface area contributed by atoms with E-state index in [0.717, 1.165) is 39.7 Å². The van der Waals surface area contributed by atoms with Gasteiger partial charge in [0.05, 0.1) is 11.4 Å². The van der Waals surface area contributed by atoms with Crippen LogP contribution in [0.5, 0.6) is 0 Å². The van der Waals surface area contributed by atoms with Crippen LogP contribution in [0, 0.1) is 6.92 Å². The molecule has 0 atom stereocenters. The molecule has 2 heterocycles. The number of benzene rings is 3. The highest BCUT2D eigenvalue weighted by Crippen LogP contribution is 2.25. The van der Waals surface area contributed by atoms with Gasteiger partial charge in [-0.3, -0.25) is 0 Å². The van der Waals surface area contributed by atoms with E-state index < -0.39 is 0 Å². The van der Waals surface area contributed by atoms with Gasteiger partial charge in [0.2, 0.25) is 0 Å². The molecule has 0 amide bonds. The van der Waals surface area contributed by atoms with E-state index in [4.69, 9.17) is 0 Å². The molecule has 160 valence electrons. The third-order valence-electron chi connectivity index (χ3n) is 5.05. The largest absolute Gasteiger partial charge is 0.340 e. The van der Waals surface area contributed by atoms with Crippen LogP contribution >= 0.6 is 0 Å². The number of anilines is 4. The van der Waals surface area contributed by atoms with Crippen LogP contribution < -0.4 is 10.6 Å². The molecular weight excluding hydrogens is 408 g/mol. The Morgan fingerprint density at radius 1 is 0.515 bits per heavy atom. The van der Waals surface area contributed by atoms with Crippen molar-refractivity contribution in [2.75, 3.05) is 10.6 Å². The topological polar surface area (TPSA) is 75.6 Å². The van der Waals surface area contributed by atoms with E-state index in [2.05, 4.69) is 30.8 Å². The molecule has 0 spiro atoms. The molecule has 5 aromatic rings. The molecule has 33 heavy (non-hydrogen) atoms. The van der Waals surface area contributed by atoms with Crippen molar-refractivity contribution >= 4 is 23.0 Å². The molecule has 0 aliphatic rings. The van der Waals surface area contributed by atoms with Crippen molar-refractivity contribution in [3.05, 3.63) is 109 Å². The van der Waals surface area contributed by atoms with Gasteiger partial charge in [-0.2, -0.15) is 0 Å². The van der Waals surface area contributed by atoms with E-state index in [0.29, 0.717) is 11.6 Å². The first kappa shape index (κ1) is 20.3. The third-order valence-corrected chi connectivity index (χ3v) is 5.05. The third kappa shape index (κ3) is 5.02. The van der Waals surface area contributed by atoms with Crippen molar-refractivity contribution in [2.24, 2.45) is 0 Å². The van der Waals surface area contributed by atoms with E-state index in [1.807, 2.05) is 110 Å². The lowest BCUT2D eigenvalue weighted by Gasteiger charge is -2.11. The molecule has 6 nitrogen and oxygen atoms in total. The molecule has 2 N–H and O–H groups in total. The van der Waals surface area contributed by atoms with Gasteiger partial charge in [-0.1, -0.05) is 66.7 Å². The summed E-state index contributed by atoms with van der Waals surface area (Å²) < 4.78 is 0. The van der Waals surface area contributed by atoms with Crippen LogP contribution in [0.15, 0.2) is 103 Å². The first-order valence-electron chi connectivity index (χ1n) is 10.7. The van der Waals surface area contributed by atoms with E-state index in [-0.39, 0.29) is 0 Å². The summed E-state index contributed by atoms with van der Waals surface area (Å²) in [6.45, 7) is 1.90. The minimum absolute atomic E-state index is 0.677. The fraction of sp³-hybridized carbons (Fsp3) is 0.0370. The molecule has 0 saturated carbocycles. The first-order chi connectivity index (χ1) is 16.2. The number of nitrogens with zero attached hydrogens (tertiary/aromatic N) is 4. The lowest BCUT2D eigenvalue weighted by Crippen LogP contribution is -2.00. The molecule has 3 aromatic carbocycles. The summed E-state index contributed by atoms with van der Waals surface area (Å²) in [4.78, 5) is 9.11. The SMILES string of the molecule is Cc1nc(Nc2cccc(Nc3ccc(-c4ccccc4)nn3)c2)cc(-c2ccccc2)n1. The van der Waals surface area contributed by atoms with Gasteiger partial charge in [-0.25, -0.2) is 9.97 Å². The highest BCUT2D eigenvalue weighted by Gasteiger charge is 2.06. The van der Waals surface area contributed by atoms with Gasteiger partial charge in [0.1, 0.15) is 11.6 Å². The van der Waals surface area contributed by atoms with Crippen LogP contribution in [0.1, 0.15) is 5.82 Å². The van der Waals surface area contributed by atoms with Gasteiger partial charge >= 0.3 is 0 Å². The van der Waals surface area contributed by atoms with E-state index in [1.165, 1.54) is 0 Å². The lowest BCUT2D eigenvalue weighted by atomic mass is 10.1. The van der Waals surface area contributed by atoms with E-state index >= 15 is 0 Å². The molecule has 0 saturated heterocycles. The maximum Gasteiger partial charge on any atom is 0.153 e. The Bertz CT molecular complexity index is 1350. The summed E-state index contributed by atoms with van der Waals surface area (Å²) in [5.74, 6) is 2.13. The average molecular weight is 431 g/mol. The molecule has 2 aromatic heterocycles.